The Balaban J connectivity index is 1.19. The molecule has 0 N–H and O–H groups in total. The molecule has 240 valence electrons. The van der Waals surface area contributed by atoms with Crippen LogP contribution >= 0.6 is 0 Å². The summed E-state index contributed by atoms with van der Waals surface area (Å²) in [5.41, 5.74) is 12.9. The molecule has 0 saturated heterocycles. The quantitative estimate of drug-likeness (QED) is 0.164. The van der Waals surface area contributed by atoms with Gasteiger partial charge in [-0.1, -0.05) is 109 Å². The van der Waals surface area contributed by atoms with Crippen LogP contribution in [0.5, 0.6) is 11.5 Å². The first kappa shape index (κ1) is 23.3. The number of rotatable bonds is 1. The smallest absolute Gasteiger partial charge is 0.252 e. The maximum atomic E-state index is 9.07. The summed E-state index contributed by atoms with van der Waals surface area (Å²) in [5, 5.41) is 0. The Morgan fingerprint density at radius 1 is 0.529 bits per heavy atom. The van der Waals surface area contributed by atoms with E-state index in [0.717, 1.165) is 62.2 Å². The van der Waals surface area contributed by atoms with Crippen LogP contribution < -0.4 is 35.8 Å². The van der Waals surface area contributed by atoms with E-state index in [4.69, 9.17) is 11.6 Å². The van der Waals surface area contributed by atoms with E-state index in [2.05, 4.69) is 127 Å². The molecule has 0 fully saturated rings. The molecule has 7 aromatic carbocycles. The molecule has 4 nitrogen and oxygen atoms in total. The largest absolute Gasteiger partial charge is 0.457 e. The number of fused-ring (bicyclic) bond motifs is 12. The molecule has 0 aliphatic carbocycles. The first-order valence-electron chi connectivity index (χ1n) is 20.0. The molecule has 0 atom stereocenters. The van der Waals surface area contributed by atoms with E-state index in [1.54, 1.807) is 0 Å². The maximum absolute atomic E-state index is 9.07. The molecule has 5 heteroatoms. The molecule has 7 aromatic rings. The van der Waals surface area contributed by atoms with Crippen LogP contribution in [-0.2, 0) is 5.41 Å². The lowest BCUT2D eigenvalue weighted by Gasteiger charge is -2.52. The van der Waals surface area contributed by atoms with Crippen molar-refractivity contribution in [2.45, 2.75) is 24.9 Å². The van der Waals surface area contributed by atoms with Gasteiger partial charge in [0.15, 0.2) is 0 Å². The molecule has 5 aliphatic rings. The molecular formula is C46H32BN3O. The summed E-state index contributed by atoms with van der Waals surface area (Å²) in [5.74, 6) is 1.68. The van der Waals surface area contributed by atoms with Crippen molar-refractivity contribution in [3.63, 3.8) is 0 Å². The second kappa shape index (κ2) is 9.32. The summed E-state index contributed by atoms with van der Waals surface area (Å²) in [6.45, 7) is 4.00. The highest BCUT2D eigenvalue weighted by Crippen LogP contribution is 2.63. The maximum Gasteiger partial charge on any atom is 0.252 e. The minimum absolute atomic E-state index is 0.151. The van der Waals surface area contributed by atoms with Crippen LogP contribution in [0.2, 0.25) is 0 Å². The summed E-state index contributed by atoms with van der Waals surface area (Å²) in [6, 6.07) is 43.7. The van der Waals surface area contributed by atoms with Crippen molar-refractivity contribution < 1.29 is 11.6 Å². The zero-order valence-corrected chi connectivity index (χ0v) is 28.0. The lowest BCUT2D eigenvalue weighted by atomic mass is 9.33. The predicted molar refractivity (Wildman–Crippen MR) is 209 cm³/mol. The average Bonchev–Trinajstić information content (AvgIpc) is 3.46. The minimum Gasteiger partial charge on any atom is -0.457 e. The first-order valence-corrected chi connectivity index (χ1v) is 17.5. The van der Waals surface area contributed by atoms with Crippen LogP contribution in [-0.4, -0.2) is 12.4 Å². The molecule has 0 saturated carbocycles. The molecular weight excluding hydrogens is 621 g/mol. The molecule has 5 heterocycles. The zero-order valence-electron chi connectivity index (χ0n) is 33.0. The van der Waals surface area contributed by atoms with Gasteiger partial charge < -0.3 is 19.4 Å². The van der Waals surface area contributed by atoms with E-state index in [1.807, 2.05) is 29.2 Å². The third-order valence-corrected chi connectivity index (χ3v) is 11.8. The highest BCUT2D eigenvalue weighted by molar-refractivity contribution is 7.00. The molecule has 0 radical (unpaired) electrons. The third-order valence-electron chi connectivity index (χ3n) is 11.8. The average molecular weight is 659 g/mol. The fraction of sp³-hybridized carbons (Fsp3) is 0.0870. The second-order valence-corrected chi connectivity index (χ2v) is 14.4. The Hall–Kier alpha value is -6.20. The summed E-state index contributed by atoms with van der Waals surface area (Å²) >= 11 is 0. The predicted octanol–water partition coefficient (Wildman–Crippen LogP) is 9.13. The van der Waals surface area contributed by atoms with E-state index in [0.29, 0.717) is 0 Å². The van der Waals surface area contributed by atoms with Gasteiger partial charge in [0.1, 0.15) is 17.2 Å². The van der Waals surface area contributed by atoms with Gasteiger partial charge in [-0.25, -0.2) is 0 Å². The van der Waals surface area contributed by atoms with E-state index >= 15 is 0 Å². The zero-order chi connectivity index (χ0) is 38.0. The Kier molecular flexibility index (Phi) is 4.25. The lowest BCUT2D eigenvalue weighted by Crippen LogP contribution is -2.64. The molecule has 51 heavy (non-hydrogen) atoms. The van der Waals surface area contributed by atoms with Crippen molar-refractivity contribution >= 4 is 62.9 Å². The van der Waals surface area contributed by atoms with Crippen LogP contribution in [0.3, 0.4) is 0 Å². The number of nitrogens with zero attached hydrogens (tertiary/aromatic N) is 3. The Bertz CT molecular complexity index is 2870. The number of para-hydroxylation sites is 6. The van der Waals surface area contributed by atoms with Crippen molar-refractivity contribution in [2.24, 2.45) is 0 Å². The van der Waals surface area contributed by atoms with Crippen molar-refractivity contribution in [1.29, 1.82) is 0 Å². The summed E-state index contributed by atoms with van der Waals surface area (Å²) in [7, 11) is 0. The van der Waals surface area contributed by atoms with E-state index in [9.17, 15) is 0 Å². The van der Waals surface area contributed by atoms with E-state index < -0.39 is 17.1 Å². The fourth-order valence-electron chi connectivity index (χ4n) is 10.2. The van der Waals surface area contributed by atoms with Crippen molar-refractivity contribution in [3.05, 3.63) is 180 Å². The van der Waals surface area contributed by atoms with Crippen LogP contribution in [0.4, 0.5) is 39.8 Å². The van der Waals surface area contributed by atoms with E-state index in [1.165, 1.54) is 22.1 Å². The van der Waals surface area contributed by atoms with Crippen molar-refractivity contribution in [2.75, 3.05) is 14.7 Å². The van der Waals surface area contributed by atoms with Crippen LogP contribution in [0.1, 0.15) is 43.0 Å². The molecule has 12 rings (SSSR count). The van der Waals surface area contributed by atoms with Gasteiger partial charge in [0.2, 0.25) is 0 Å². The number of ether oxygens (including phenoxy) is 1. The van der Waals surface area contributed by atoms with Gasteiger partial charge in [0.05, 0.1) is 29.3 Å². The fourth-order valence-corrected chi connectivity index (χ4v) is 10.2. The van der Waals surface area contributed by atoms with Crippen LogP contribution in [0.15, 0.2) is 158 Å². The monoisotopic (exact) mass is 658 g/mol. The van der Waals surface area contributed by atoms with Gasteiger partial charge in [-0.05, 0) is 89.8 Å². The standard InChI is InChI=1S/C46H32BN3O/c1-45(2)49(29-15-4-3-5-16-29)39-26-13-22-35-44(39)50(45)38-25-14-24-37-42(38)47(35)34-21-12-20-33-43(34)48(37)36-23-9-6-17-30(36)46(33)31-18-7-10-27-40(31)51-41-28-11-8-19-32(41)46/h3-28H,1-2H3/i3D,4D,5D,15D,16D. The van der Waals surface area contributed by atoms with Gasteiger partial charge in [0, 0.05) is 33.9 Å². The van der Waals surface area contributed by atoms with Crippen LogP contribution in [0, 0.1) is 0 Å². The summed E-state index contributed by atoms with van der Waals surface area (Å²) in [4.78, 5) is 6.74. The SMILES string of the molecule is [2H]c1c([2H])c([2H])c(N2c3cccc4c3N(c3cccc5c3B4c3cccc4c3N5c3ccccc3C43c4ccccc4Oc4ccccc43)C2(C)C)c([2H])c1[2H]. The Labute approximate surface area is 304 Å². The highest BCUT2D eigenvalue weighted by Gasteiger charge is 2.57. The number of anilines is 7. The van der Waals surface area contributed by atoms with Gasteiger partial charge in [0.25, 0.3) is 6.71 Å². The molecule has 0 amide bonds. The van der Waals surface area contributed by atoms with Gasteiger partial charge in [-0.3, -0.25) is 0 Å². The number of hydrogen-bond donors (Lipinski definition) is 0. The highest BCUT2D eigenvalue weighted by atomic mass is 16.5. The van der Waals surface area contributed by atoms with Crippen LogP contribution in [0.25, 0.3) is 0 Å². The lowest BCUT2D eigenvalue weighted by molar-refractivity contribution is 0.434. The first-order chi connectivity index (χ1) is 27.2. The normalized spacial score (nSPS) is 18.1. The Morgan fingerprint density at radius 2 is 1.10 bits per heavy atom. The van der Waals surface area contributed by atoms with Gasteiger partial charge in [-0.2, -0.15) is 0 Å². The van der Waals surface area contributed by atoms with E-state index in [-0.39, 0.29) is 36.6 Å². The van der Waals surface area contributed by atoms with Crippen molar-refractivity contribution in [1.82, 2.24) is 0 Å². The number of benzene rings is 7. The molecule has 5 aliphatic heterocycles. The second-order valence-electron chi connectivity index (χ2n) is 14.4. The topological polar surface area (TPSA) is 19.0 Å². The minimum atomic E-state index is -0.853. The Morgan fingerprint density at radius 3 is 1.86 bits per heavy atom. The summed E-state index contributed by atoms with van der Waals surface area (Å²) in [6.07, 6.45) is 0. The third kappa shape index (κ3) is 3.11. The van der Waals surface area contributed by atoms with Crippen molar-refractivity contribution in [3.8, 4) is 11.5 Å². The molecule has 0 aromatic heterocycles. The molecule has 1 spiro atoms. The summed E-state index contributed by atoms with van der Waals surface area (Å²) < 4.78 is 50.3. The number of hydrogen-bond acceptors (Lipinski definition) is 4. The molecule has 0 unspecified atom stereocenters. The molecule has 0 bridgehead atoms. The van der Waals surface area contributed by atoms with Gasteiger partial charge in [-0.15, -0.1) is 0 Å². The van der Waals surface area contributed by atoms with Gasteiger partial charge >= 0.3 is 0 Å².